The molecule has 1 N–H and O–H groups in total. The summed E-state index contributed by atoms with van der Waals surface area (Å²) < 4.78 is 0. The number of benzene rings is 6. The predicted molar refractivity (Wildman–Crippen MR) is 142 cm³/mol. The van der Waals surface area contributed by atoms with Crippen LogP contribution in [0.15, 0.2) is 121 Å². The Balaban J connectivity index is 1.68. The molecular weight excluding hydrogens is 398 g/mol. The van der Waals surface area contributed by atoms with E-state index in [0.29, 0.717) is 0 Å². The molecule has 0 amide bonds. The minimum Gasteiger partial charge on any atom is -0.353 e. The zero-order valence-corrected chi connectivity index (χ0v) is 18.0. The number of hydrogen-bond acceptors (Lipinski definition) is 0. The van der Waals surface area contributed by atoms with Gasteiger partial charge in [-0.25, -0.2) is 0 Å². The van der Waals surface area contributed by atoms with E-state index in [1.807, 2.05) is 0 Å². The largest absolute Gasteiger partial charge is 0.353 e. The van der Waals surface area contributed by atoms with Crippen LogP contribution in [0, 0.1) is 0 Å². The average molecular weight is 420 g/mol. The molecule has 6 aromatic carbocycles. The first-order valence-electron chi connectivity index (χ1n) is 11.4. The summed E-state index contributed by atoms with van der Waals surface area (Å²) in [5.41, 5.74) is 7.44. The van der Waals surface area contributed by atoms with Crippen molar-refractivity contribution in [3.8, 4) is 22.3 Å². The maximum Gasteiger partial charge on any atom is 0.0545 e. The lowest BCUT2D eigenvalue weighted by Gasteiger charge is -2.10. The van der Waals surface area contributed by atoms with Crippen LogP contribution in [-0.4, -0.2) is 4.98 Å². The first-order chi connectivity index (χ1) is 16.4. The minimum atomic E-state index is 1.20. The van der Waals surface area contributed by atoms with Crippen molar-refractivity contribution >= 4 is 43.4 Å². The molecule has 1 nitrogen and oxygen atoms in total. The molecule has 1 aromatic heterocycles. The van der Waals surface area contributed by atoms with E-state index in [4.69, 9.17) is 0 Å². The van der Waals surface area contributed by atoms with E-state index in [-0.39, 0.29) is 0 Å². The lowest BCUT2D eigenvalue weighted by Crippen LogP contribution is -1.84. The molecule has 33 heavy (non-hydrogen) atoms. The topological polar surface area (TPSA) is 15.8 Å². The van der Waals surface area contributed by atoms with Crippen LogP contribution in [0.5, 0.6) is 0 Å². The Labute approximate surface area is 191 Å². The number of rotatable bonds is 2. The fourth-order valence-corrected chi connectivity index (χ4v) is 5.28. The van der Waals surface area contributed by atoms with Gasteiger partial charge in [0.2, 0.25) is 0 Å². The van der Waals surface area contributed by atoms with Gasteiger partial charge in [0.15, 0.2) is 0 Å². The van der Waals surface area contributed by atoms with E-state index in [1.165, 1.54) is 65.6 Å². The Kier molecular flexibility index (Phi) is 3.91. The molecule has 154 valence electrons. The Hall–Kier alpha value is -4.36. The molecular formula is C32H21N. The molecule has 0 bridgehead atoms. The number of fused-ring (bicyclic) bond motifs is 7. The van der Waals surface area contributed by atoms with Crippen LogP contribution in [0.3, 0.4) is 0 Å². The highest BCUT2D eigenvalue weighted by Crippen LogP contribution is 2.42. The fraction of sp³-hybridized carbons (Fsp3) is 0. The van der Waals surface area contributed by atoms with Gasteiger partial charge in [-0.3, -0.25) is 0 Å². The van der Waals surface area contributed by atoms with Crippen LogP contribution < -0.4 is 0 Å². The number of aromatic nitrogens is 1. The van der Waals surface area contributed by atoms with Crippen LogP contribution in [0.2, 0.25) is 0 Å². The SMILES string of the molecule is c1ccc(-c2cc3c4cc(-c5ccccc5)c5ccccc5c4[nH]c3c3ccccc23)cc1. The maximum atomic E-state index is 3.82. The highest BCUT2D eigenvalue weighted by atomic mass is 14.7. The number of H-pyrrole nitrogens is 1. The molecule has 0 unspecified atom stereocenters. The van der Waals surface area contributed by atoms with Crippen LogP contribution in [0.4, 0.5) is 0 Å². The number of nitrogens with one attached hydrogen (secondary N) is 1. The Morgan fingerprint density at radius 2 is 0.697 bits per heavy atom. The van der Waals surface area contributed by atoms with Gasteiger partial charge in [-0.2, -0.15) is 0 Å². The summed E-state index contributed by atoms with van der Waals surface area (Å²) in [4.78, 5) is 3.82. The quantitative estimate of drug-likeness (QED) is 0.288. The summed E-state index contributed by atoms with van der Waals surface area (Å²) in [6, 6.07) is 43.6. The minimum absolute atomic E-state index is 1.20. The monoisotopic (exact) mass is 419 g/mol. The third kappa shape index (κ3) is 2.73. The van der Waals surface area contributed by atoms with Gasteiger partial charge in [0.1, 0.15) is 0 Å². The zero-order chi connectivity index (χ0) is 21.8. The Morgan fingerprint density at radius 1 is 0.333 bits per heavy atom. The molecule has 0 fully saturated rings. The van der Waals surface area contributed by atoms with E-state index in [9.17, 15) is 0 Å². The predicted octanol–water partition coefficient (Wildman–Crippen LogP) is 8.96. The van der Waals surface area contributed by atoms with Gasteiger partial charge in [-0.15, -0.1) is 0 Å². The van der Waals surface area contributed by atoms with E-state index < -0.39 is 0 Å². The molecule has 0 saturated carbocycles. The van der Waals surface area contributed by atoms with Crippen LogP contribution >= 0.6 is 0 Å². The standard InChI is InChI=1S/C32H21N/c1-3-11-21(12-4-1)27-19-29-30-20-28(22-13-5-2-6-14-22)24-16-8-10-18-26(24)32(30)33-31(29)25-17-9-7-15-23(25)27/h1-20,33H. The second-order valence-electron chi connectivity index (χ2n) is 8.64. The molecule has 7 rings (SSSR count). The summed E-state index contributed by atoms with van der Waals surface area (Å²) in [5.74, 6) is 0. The van der Waals surface area contributed by atoms with E-state index >= 15 is 0 Å². The smallest absolute Gasteiger partial charge is 0.0545 e. The summed E-state index contributed by atoms with van der Waals surface area (Å²) in [5, 5.41) is 7.60. The molecule has 0 radical (unpaired) electrons. The second kappa shape index (κ2) is 7.08. The van der Waals surface area contributed by atoms with Gasteiger partial charge in [-0.1, -0.05) is 109 Å². The van der Waals surface area contributed by atoms with Gasteiger partial charge >= 0.3 is 0 Å². The Morgan fingerprint density at radius 3 is 1.12 bits per heavy atom. The number of hydrogen-bond donors (Lipinski definition) is 1. The van der Waals surface area contributed by atoms with Crippen molar-refractivity contribution in [3.63, 3.8) is 0 Å². The molecule has 0 aliphatic heterocycles. The molecule has 1 heterocycles. The van der Waals surface area contributed by atoms with Crippen LogP contribution in [0.25, 0.3) is 65.6 Å². The van der Waals surface area contributed by atoms with Gasteiger partial charge in [-0.05, 0) is 45.2 Å². The first-order valence-corrected chi connectivity index (χ1v) is 11.4. The van der Waals surface area contributed by atoms with Crippen molar-refractivity contribution in [2.45, 2.75) is 0 Å². The van der Waals surface area contributed by atoms with E-state index in [0.717, 1.165) is 0 Å². The van der Waals surface area contributed by atoms with E-state index in [2.05, 4.69) is 126 Å². The molecule has 1 heteroatoms. The fourth-order valence-electron chi connectivity index (χ4n) is 5.28. The Bertz CT molecular complexity index is 1660. The normalized spacial score (nSPS) is 11.6. The van der Waals surface area contributed by atoms with Gasteiger partial charge in [0.05, 0.1) is 11.0 Å². The van der Waals surface area contributed by atoms with Crippen molar-refractivity contribution in [1.82, 2.24) is 4.98 Å². The number of aromatic amines is 1. The highest BCUT2D eigenvalue weighted by Gasteiger charge is 2.16. The summed E-state index contributed by atoms with van der Waals surface area (Å²) in [6.07, 6.45) is 0. The van der Waals surface area contributed by atoms with Gasteiger partial charge in [0, 0.05) is 21.5 Å². The zero-order valence-electron chi connectivity index (χ0n) is 18.0. The third-order valence-corrected chi connectivity index (χ3v) is 6.80. The molecule has 0 aliphatic carbocycles. The van der Waals surface area contributed by atoms with Crippen molar-refractivity contribution < 1.29 is 0 Å². The highest BCUT2D eigenvalue weighted by molar-refractivity contribution is 6.26. The third-order valence-electron chi connectivity index (χ3n) is 6.80. The van der Waals surface area contributed by atoms with E-state index in [1.54, 1.807) is 0 Å². The van der Waals surface area contributed by atoms with Crippen molar-refractivity contribution in [2.75, 3.05) is 0 Å². The first kappa shape index (κ1) is 18.2. The lowest BCUT2D eigenvalue weighted by molar-refractivity contribution is 1.58. The van der Waals surface area contributed by atoms with Crippen molar-refractivity contribution in [3.05, 3.63) is 121 Å². The summed E-state index contributed by atoms with van der Waals surface area (Å²) in [7, 11) is 0. The second-order valence-corrected chi connectivity index (χ2v) is 8.64. The molecule has 0 saturated heterocycles. The summed E-state index contributed by atoms with van der Waals surface area (Å²) in [6.45, 7) is 0. The molecule has 7 aromatic rings. The summed E-state index contributed by atoms with van der Waals surface area (Å²) >= 11 is 0. The van der Waals surface area contributed by atoms with Crippen LogP contribution in [0.1, 0.15) is 0 Å². The van der Waals surface area contributed by atoms with Crippen molar-refractivity contribution in [2.24, 2.45) is 0 Å². The van der Waals surface area contributed by atoms with Crippen molar-refractivity contribution in [1.29, 1.82) is 0 Å². The molecule has 0 spiro atoms. The van der Waals surface area contributed by atoms with Crippen LogP contribution in [-0.2, 0) is 0 Å². The maximum absolute atomic E-state index is 3.82. The average Bonchev–Trinajstić information content (AvgIpc) is 3.28. The molecule has 0 aliphatic rings. The van der Waals surface area contributed by atoms with Gasteiger partial charge in [0.25, 0.3) is 0 Å². The molecule has 0 atom stereocenters. The lowest BCUT2D eigenvalue weighted by atomic mass is 9.93. The van der Waals surface area contributed by atoms with Gasteiger partial charge < -0.3 is 4.98 Å².